The summed E-state index contributed by atoms with van der Waals surface area (Å²) in [6.07, 6.45) is 3.21. The zero-order valence-corrected chi connectivity index (χ0v) is 15.5. The third-order valence-corrected chi connectivity index (χ3v) is 4.67. The van der Waals surface area contributed by atoms with Gasteiger partial charge in [0.1, 0.15) is 0 Å². The van der Waals surface area contributed by atoms with Gasteiger partial charge in [-0.2, -0.15) is 5.10 Å². The Labute approximate surface area is 132 Å². The van der Waals surface area contributed by atoms with E-state index >= 15 is 0 Å². The third kappa shape index (κ3) is 4.59. The summed E-state index contributed by atoms with van der Waals surface area (Å²) in [5.41, 5.74) is 2.79. The first kappa shape index (κ1) is 17.7. The molecule has 0 aliphatic rings. The van der Waals surface area contributed by atoms with E-state index in [4.69, 9.17) is 5.10 Å². The SMILES string of the molecule is CCNC(C)CC(C)(C)Cc1c(Br)c(CC)nn1CC. The highest BCUT2D eigenvalue weighted by molar-refractivity contribution is 9.10. The lowest BCUT2D eigenvalue weighted by atomic mass is 9.81. The summed E-state index contributed by atoms with van der Waals surface area (Å²) < 4.78 is 3.37. The molecule has 1 N–H and O–H groups in total. The molecule has 1 atom stereocenters. The number of hydrogen-bond acceptors (Lipinski definition) is 2. The van der Waals surface area contributed by atoms with E-state index in [1.54, 1.807) is 0 Å². The predicted molar refractivity (Wildman–Crippen MR) is 90.2 cm³/mol. The summed E-state index contributed by atoms with van der Waals surface area (Å²) in [6.45, 7) is 15.4. The molecule has 1 rings (SSSR count). The molecule has 0 saturated carbocycles. The fraction of sp³-hybridized carbons (Fsp3) is 0.812. The highest BCUT2D eigenvalue weighted by atomic mass is 79.9. The lowest BCUT2D eigenvalue weighted by Crippen LogP contribution is -2.32. The zero-order valence-electron chi connectivity index (χ0n) is 13.9. The Morgan fingerprint density at radius 1 is 1.30 bits per heavy atom. The van der Waals surface area contributed by atoms with E-state index in [1.165, 1.54) is 22.3 Å². The molecular weight excluding hydrogens is 314 g/mol. The van der Waals surface area contributed by atoms with Crippen molar-refractivity contribution in [1.82, 2.24) is 15.1 Å². The number of aromatic nitrogens is 2. The van der Waals surface area contributed by atoms with Gasteiger partial charge in [-0.05, 0) is 61.0 Å². The molecule has 0 spiro atoms. The topological polar surface area (TPSA) is 29.9 Å². The Balaban J connectivity index is 2.88. The van der Waals surface area contributed by atoms with E-state index in [-0.39, 0.29) is 5.41 Å². The molecule has 0 radical (unpaired) electrons. The molecule has 0 amide bonds. The molecule has 1 unspecified atom stereocenters. The Kier molecular flexibility index (Phi) is 6.73. The van der Waals surface area contributed by atoms with Gasteiger partial charge >= 0.3 is 0 Å². The van der Waals surface area contributed by atoms with Crippen LogP contribution in [0.4, 0.5) is 0 Å². The van der Waals surface area contributed by atoms with Gasteiger partial charge in [-0.1, -0.05) is 27.7 Å². The van der Waals surface area contributed by atoms with E-state index in [0.717, 1.165) is 25.9 Å². The van der Waals surface area contributed by atoms with Crippen molar-refractivity contribution in [2.24, 2.45) is 5.41 Å². The van der Waals surface area contributed by atoms with Gasteiger partial charge in [0, 0.05) is 12.6 Å². The fourth-order valence-corrected chi connectivity index (χ4v) is 3.67. The Hall–Kier alpha value is -0.350. The average molecular weight is 344 g/mol. The van der Waals surface area contributed by atoms with Gasteiger partial charge < -0.3 is 5.32 Å². The number of nitrogens with one attached hydrogen (secondary N) is 1. The Morgan fingerprint density at radius 2 is 1.95 bits per heavy atom. The number of aryl methyl sites for hydroxylation is 2. The van der Waals surface area contributed by atoms with Gasteiger partial charge in [-0.3, -0.25) is 4.68 Å². The van der Waals surface area contributed by atoms with Gasteiger partial charge in [-0.25, -0.2) is 0 Å². The molecule has 0 saturated heterocycles. The molecular formula is C16H30BrN3. The minimum absolute atomic E-state index is 0.266. The Morgan fingerprint density at radius 3 is 2.45 bits per heavy atom. The monoisotopic (exact) mass is 343 g/mol. The standard InChI is InChI=1S/C16H30BrN3/c1-7-13-15(17)14(20(9-3)19-13)11-16(5,6)10-12(4)18-8-2/h12,18H,7-11H2,1-6H3. The molecule has 0 aliphatic carbocycles. The van der Waals surface area contributed by atoms with Crippen molar-refractivity contribution in [2.75, 3.05) is 6.54 Å². The summed E-state index contributed by atoms with van der Waals surface area (Å²) in [5.74, 6) is 0. The minimum Gasteiger partial charge on any atom is -0.315 e. The fourth-order valence-electron chi connectivity index (χ4n) is 2.96. The van der Waals surface area contributed by atoms with Gasteiger partial charge in [0.05, 0.1) is 15.9 Å². The van der Waals surface area contributed by atoms with E-state index in [9.17, 15) is 0 Å². The molecule has 0 aromatic carbocycles. The second kappa shape index (κ2) is 7.60. The van der Waals surface area contributed by atoms with Gasteiger partial charge in [-0.15, -0.1) is 0 Å². The molecule has 4 heteroatoms. The van der Waals surface area contributed by atoms with Gasteiger partial charge in [0.2, 0.25) is 0 Å². The van der Waals surface area contributed by atoms with E-state index in [2.05, 4.69) is 67.5 Å². The van der Waals surface area contributed by atoms with Crippen LogP contribution in [0.3, 0.4) is 0 Å². The first-order valence-corrected chi connectivity index (χ1v) is 8.61. The summed E-state index contributed by atoms with van der Waals surface area (Å²) in [4.78, 5) is 0. The molecule has 3 nitrogen and oxygen atoms in total. The van der Waals surface area contributed by atoms with Crippen LogP contribution >= 0.6 is 15.9 Å². The number of rotatable bonds is 8. The van der Waals surface area contributed by atoms with Gasteiger partial charge in [0.15, 0.2) is 0 Å². The summed E-state index contributed by atoms with van der Waals surface area (Å²) in [5, 5.41) is 8.21. The average Bonchev–Trinajstić information content (AvgIpc) is 2.65. The van der Waals surface area contributed by atoms with Crippen LogP contribution in [0, 0.1) is 5.41 Å². The molecule has 1 aromatic rings. The number of hydrogen-bond donors (Lipinski definition) is 1. The third-order valence-electron chi connectivity index (χ3n) is 3.75. The molecule has 0 fully saturated rings. The molecule has 1 aromatic heterocycles. The minimum atomic E-state index is 0.266. The summed E-state index contributed by atoms with van der Waals surface area (Å²) in [7, 11) is 0. The van der Waals surface area contributed by atoms with Gasteiger partial charge in [0.25, 0.3) is 0 Å². The number of halogens is 1. The van der Waals surface area contributed by atoms with E-state index in [1.807, 2.05) is 0 Å². The van der Waals surface area contributed by atoms with Crippen molar-refractivity contribution in [3.8, 4) is 0 Å². The van der Waals surface area contributed by atoms with Crippen LogP contribution in [0.2, 0.25) is 0 Å². The van der Waals surface area contributed by atoms with Crippen molar-refractivity contribution in [3.05, 3.63) is 15.9 Å². The van der Waals surface area contributed by atoms with Crippen LogP contribution in [-0.2, 0) is 19.4 Å². The maximum absolute atomic E-state index is 4.70. The van der Waals surface area contributed by atoms with Crippen molar-refractivity contribution in [1.29, 1.82) is 0 Å². The smallest absolute Gasteiger partial charge is 0.0766 e. The quantitative estimate of drug-likeness (QED) is 0.767. The van der Waals surface area contributed by atoms with Crippen LogP contribution in [0.25, 0.3) is 0 Å². The summed E-state index contributed by atoms with van der Waals surface area (Å²) in [6, 6.07) is 0.553. The molecule has 1 heterocycles. The first-order valence-electron chi connectivity index (χ1n) is 7.82. The second-order valence-corrected chi connectivity index (χ2v) is 7.17. The van der Waals surface area contributed by atoms with Crippen LogP contribution in [0.15, 0.2) is 4.47 Å². The van der Waals surface area contributed by atoms with Crippen LogP contribution in [-0.4, -0.2) is 22.4 Å². The molecule has 20 heavy (non-hydrogen) atoms. The summed E-state index contributed by atoms with van der Waals surface area (Å²) >= 11 is 3.75. The van der Waals surface area contributed by atoms with Crippen molar-refractivity contribution in [3.63, 3.8) is 0 Å². The van der Waals surface area contributed by atoms with Crippen molar-refractivity contribution < 1.29 is 0 Å². The maximum Gasteiger partial charge on any atom is 0.0766 e. The van der Waals surface area contributed by atoms with E-state index in [0.29, 0.717) is 6.04 Å². The second-order valence-electron chi connectivity index (χ2n) is 6.38. The highest BCUT2D eigenvalue weighted by Gasteiger charge is 2.25. The first-order chi connectivity index (χ1) is 9.34. The predicted octanol–water partition coefficient (Wildman–Crippen LogP) is 4.18. The van der Waals surface area contributed by atoms with E-state index < -0.39 is 0 Å². The number of nitrogens with zero attached hydrogens (tertiary/aromatic N) is 2. The molecule has 0 bridgehead atoms. The molecule has 0 aliphatic heterocycles. The normalized spacial score (nSPS) is 13.8. The Bertz CT molecular complexity index is 424. The zero-order chi connectivity index (χ0) is 15.3. The largest absolute Gasteiger partial charge is 0.315 e. The highest BCUT2D eigenvalue weighted by Crippen LogP contribution is 2.32. The van der Waals surface area contributed by atoms with Crippen LogP contribution < -0.4 is 5.32 Å². The molecule has 116 valence electrons. The van der Waals surface area contributed by atoms with Crippen LogP contribution in [0.5, 0.6) is 0 Å². The van der Waals surface area contributed by atoms with Crippen LogP contribution in [0.1, 0.15) is 59.4 Å². The van der Waals surface area contributed by atoms with Crippen molar-refractivity contribution in [2.45, 2.75) is 73.4 Å². The lowest BCUT2D eigenvalue weighted by Gasteiger charge is -2.29. The van der Waals surface area contributed by atoms with Crippen molar-refractivity contribution >= 4 is 15.9 Å². The maximum atomic E-state index is 4.70. The lowest BCUT2D eigenvalue weighted by molar-refractivity contribution is 0.281.